The van der Waals surface area contributed by atoms with E-state index in [1.165, 1.54) is 4.90 Å². The van der Waals surface area contributed by atoms with E-state index in [-0.39, 0.29) is 19.2 Å². The summed E-state index contributed by atoms with van der Waals surface area (Å²) in [6.07, 6.45) is -0.535. The summed E-state index contributed by atoms with van der Waals surface area (Å²) in [7, 11) is 0. The smallest absolute Gasteiger partial charge is 0.410 e. The summed E-state index contributed by atoms with van der Waals surface area (Å²) >= 11 is 0. The first kappa shape index (κ1) is 14.0. The maximum Gasteiger partial charge on any atom is 0.410 e. The van der Waals surface area contributed by atoms with Gasteiger partial charge in [0.25, 0.3) is 0 Å². The highest BCUT2D eigenvalue weighted by molar-refractivity contribution is 5.80. The molecule has 98 valence electrons. The minimum Gasteiger partial charge on any atom is -0.445 e. The van der Waals surface area contributed by atoms with Crippen LogP contribution in [-0.4, -0.2) is 29.5 Å². The number of amides is 2. The molecular formula is C13H18N2O3. The molecule has 0 atom stereocenters. The normalized spacial score (nSPS) is 10.2. The summed E-state index contributed by atoms with van der Waals surface area (Å²) in [4.78, 5) is 24.0. The van der Waals surface area contributed by atoms with Crippen molar-refractivity contribution in [1.29, 1.82) is 0 Å². The minimum absolute atomic E-state index is 0.134. The largest absolute Gasteiger partial charge is 0.445 e. The highest BCUT2D eigenvalue weighted by Crippen LogP contribution is 2.05. The Kier molecular flexibility index (Phi) is 5.17. The summed E-state index contributed by atoms with van der Waals surface area (Å²) in [6, 6.07) is 9.21. The first-order valence-corrected chi connectivity index (χ1v) is 5.76. The van der Waals surface area contributed by atoms with Gasteiger partial charge in [-0.1, -0.05) is 30.3 Å². The van der Waals surface area contributed by atoms with Crippen molar-refractivity contribution < 1.29 is 14.3 Å². The molecule has 0 spiro atoms. The summed E-state index contributed by atoms with van der Waals surface area (Å²) in [5.41, 5.74) is 5.98. The van der Waals surface area contributed by atoms with E-state index in [2.05, 4.69) is 0 Å². The standard InChI is InChI=1S/C13H18N2O3/c1-10(2)15(8-12(14)16)13(17)18-9-11-6-4-3-5-7-11/h3-7,10H,8-9H2,1-2H3,(H2,14,16). The van der Waals surface area contributed by atoms with Crippen LogP contribution < -0.4 is 5.73 Å². The van der Waals surface area contributed by atoms with Crippen LogP contribution in [0.15, 0.2) is 30.3 Å². The van der Waals surface area contributed by atoms with Gasteiger partial charge in [-0.2, -0.15) is 0 Å². The third-order valence-electron chi connectivity index (χ3n) is 2.39. The number of hydrogen-bond acceptors (Lipinski definition) is 3. The van der Waals surface area contributed by atoms with Crippen molar-refractivity contribution in [2.45, 2.75) is 26.5 Å². The fraction of sp³-hybridized carbons (Fsp3) is 0.385. The van der Waals surface area contributed by atoms with E-state index >= 15 is 0 Å². The lowest BCUT2D eigenvalue weighted by molar-refractivity contribution is -0.119. The Labute approximate surface area is 107 Å². The molecule has 1 aromatic rings. The number of benzene rings is 1. The first-order chi connectivity index (χ1) is 8.50. The van der Waals surface area contributed by atoms with Gasteiger partial charge in [0.1, 0.15) is 13.2 Å². The van der Waals surface area contributed by atoms with E-state index in [1.54, 1.807) is 13.8 Å². The van der Waals surface area contributed by atoms with Gasteiger partial charge in [0.05, 0.1) is 0 Å². The predicted octanol–water partition coefficient (Wildman–Crippen LogP) is 1.52. The summed E-state index contributed by atoms with van der Waals surface area (Å²) in [5.74, 6) is -0.555. The molecule has 0 heterocycles. The Hall–Kier alpha value is -2.04. The second-order valence-electron chi connectivity index (χ2n) is 4.23. The van der Waals surface area contributed by atoms with Crippen LogP contribution in [0.4, 0.5) is 4.79 Å². The van der Waals surface area contributed by atoms with Gasteiger partial charge in [-0.15, -0.1) is 0 Å². The predicted molar refractivity (Wildman–Crippen MR) is 67.7 cm³/mol. The third-order valence-corrected chi connectivity index (χ3v) is 2.39. The zero-order valence-electron chi connectivity index (χ0n) is 10.6. The molecule has 0 aliphatic carbocycles. The third kappa shape index (κ3) is 4.45. The van der Waals surface area contributed by atoms with Gasteiger partial charge in [0.15, 0.2) is 0 Å². The molecule has 0 unspecified atom stereocenters. The number of rotatable bonds is 5. The SMILES string of the molecule is CC(C)N(CC(N)=O)C(=O)OCc1ccccc1. The van der Waals surface area contributed by atoms with Gasteiger partial charge in [-0.3, -0.25) is 9.69 Å². The molecular weight excluding hydrogens is 232 g/mol. The number of carbonyl (C=O) groups excluding carboxylic acids is 2. The fourth-order valence-electron chi connectivity index (χ4n) is 1.43. The van der Waals surface area contributed by atoms with E-state index in [9.17, 15) is 9.59 Å². The molecule has 0 fully saturated rings. The number of primary amides is 1. The van der Waals surface area contributed by atoms with Gasteiger partial charge in [-0.05, 0) is 19.4 Å². The Balaban J connectivity index is 2.54. The molecule has 0 aliphatic rings. The van der Waals surface area contributed by atoms with Crippen molar-refractivity contribution >= 4 is 12.0 Å². The first-order valence-electron chi connectivity index (χ1n) is 5.76. The number of carbonyl (C=O) groups is 2. The van der Waals surface area contributed by atoms with Crippen LogP contribution in [0.1, 0.15) is 19.4 Å². The van der Waals surface area contributed by atoms with Crippen molar-refractivity contribution in [1.82, 2.24) is 4.90 Å². The number of hydrogen-bond donors (Lipinski definition) is 1. The van der Waals surface area contributed by atoms with Crippen LogP contribution in [0.5, 0.6) is 0 Å². The molecule has 18 heavy (non-hydrogen) atoms. The maximum atomic E-state index is 11.8. The van der Waals surface area contributed by atoms with Crippen LogP contribution in [0, 0.1) is 0 Å². The van der Waals surface area contributed by atoms with Gasteiger partial charge in [0, 0.05) is 6.04 Å². The van der Waals surface area contributed by atoms with Crippen LogP contribution >= 0.6 is 0 Å². The second kappa shape index (κ2) is 6.64. The average Bonchev–Trinajstić information content (AvgIpc) is 2.34. The van der Waals surface area contributed by atoms with E-state index in [4.69, 9.17) is 10.5 Å². The van der Waals surface area contributed by atoms with Crippen molar-refractivity contribution in [3.63, 3.8) is 0 Å². The maximum absolute atomic E-state index is 11.8. The van der Waals surface area contributed by atoms with E-state index in [1.807, 2.05) is 30.3 Å². The van der Waals surface area contributed by atoms with Gasteiger partial charge >= 0.3 is 6.09 Å². The molecule has 0 aliphatic heterocycles. The summed E-state index contributed by atoms with van der Waals surface area (Å²) in [5, 5.41) is 0. The van der Waals surface area contributed by atoms with E-state index < -0.39 is 12.0 Å². The van der Waals surface area contributed by atoms with Crippen LogP contribution in [0.2, 0.25) is 0 Å². The summed E-state index contributed by atoms with van der Waals surface area (Å²) in [6.45, 7) is 3.65. The van der Waals surface area contributed by atoms with E-state index in [0.717, 1.165) is 5.56 Å². The molecule has 0 saturated heterocycles. The zero-order valence-corrected chi connectivity index (χ0v) is 10.6. The second-order valence-corrected chi connectivity index (χ2v) is 4.23. The van der Waals surface area contributed by atoms with Crippen molar-refractivity contribution in [3.05, 3.63) is 35.9 Å². The Morgan fingerprint density at radius 3 is 2.39 bits per heavy atom. The minimum atomic E-state index is -0.555. The number of nitrogens with zero attached hydrogens (tertiary/aromatic N) is 1. The quantitative estimate of drug-likeness (QED) is 0.861. The molecule has 0 radical (unpaired) electrons. The monoisotopic (exact) mass is 250 g/mol. The van der Waals surface area contributed by atoms with Gasteiger partial charge in [0.2, 0.25) is 5.91 Å². The number of ether oxygens (including phenoxy) is 1. The Morgan fingerprint density at radius 1 is 1.28 bits per heavy atom. The number of nitrogens with two attached hydrogens (primary N) is 1. The molecule has 2 amide bonds. The van der Waals surface area contributed by atoms with Crippen LogP contribution in [-0.2, 0) is 16.1 Å². The van der Waals surface area contributed by atoms with E-state index in [0.29, 0.717) is 0 Å². The highest BCUT2D eigenvalue weighted by atomic mass is 16.6. The molecule has 1 aromatic carbocycles. The molecule has 0 bridgehead atoms. The fourth-order valence-corrected chi connectivity index (χ4v) is 1.43. The molecule has 0 aromatic heterocycles. The lowest BCUT2D eigenvalue weighted by Crippen LogP contribution is -2.42. The Bertz CT molecular complexity index is 404. The zero-order chi connectivity index (χ0) is 13.5. The molecule has 2 N–H and O–H groups in total. The van der Waals surface area contributed by atoms with Gasteiger partial charge < -0.3 is 10.5 Å². The lowest BCUT2D eigenvalue weighted by atomic mass is 10.2. The van der Waals surface area contributed by atoms with Crippen LogP contribution in [0.3, 0.4) is 0 Å². The molecule has 1 rings (SSSR count). The van der Waals surface area contributed by atoms with Crippen molar-refractivity contribution in [3.8, 4) is 0 Å². The average molecular weight is 250 g/mol. The topological polar surface area (TPSA) is 72.6 Å². The lowest BCUT2D eigenvalue weighted by Gasteiger charge is -2.24. The molecule has 5 nitrogen and oxygen atoms in total. The van der Waals surface area contributed by atoms with Crippen LogP contribution in [0.25, 0.3) is 0 Å². The van der Waals surface area contributed by atoms with Crippen molar-refractivity contribution in [2.75, 3.05) is 6.54 Å². The van der Waals surface area contributed by atoms with Crippen molar-refractivity contribution in [2.24, 2.45) is 5.73 Å². The molecule has 0 saturated carbocycles. The summed E-state index contributed by atoms with van der Waals surface area (Å²) < 4.78 is 5.13. The molecule has 5 heteroatoms. The Morgan fingerprint density at radius 2 is 1.89 bits per heavy atom. The van der Waals surface area contributed by atoms with Gasteiger partial charge in [-0.25, -0.2) is 4.79 Å². The highest BCUT2D eigenvalue weighted by Gasteiger charge is 2.20.